The molecule has 0 saturated carbocycles. The van der Waals surface area contributed by atoms with Gasteiger partial charge in [0, 0.05) is 8.04 Å². The Balaban J connectivity index is 2.49. The summed E-state index contributed by atoms with van der Waals surface area (Å²) in [4.78, 5) is 0. The van der Waals surface area contributed by atoms with Gasteiger partial charge in [-0.1, -0.05) is 22.0 Å². The van der Waals surface area contributed by atoms with E-state index < -0.39 is 11.6 Å². The van der Waals surface area contributed by atoms with Gasteiger partial charge in [0.05, 0.1) is 6.04 Å². The van der Waals surface area contributed by atoms with Gasteiger partial charge < -0.3 is 5.32 Å². The molecule has 2 aromatic rings. The highest BCUT2D eigenvalue weighted by atomic mass is 127. The highest BCUT2D eigenvalue weighted by Gasteiger charge is 2.17. The van der Waals surface area contributed by atoms with E-state index in [2.05, 4.69) is 43.8 Å². The Morgan fingerprint density at radius 3 is 2.47 bits per heavy atom. The van der Waals surface area contributed by atoms with Crippen LogP contribution in [0.25, 0.3) is 0 Å². The van der Waals surface area contributed by atoms with Crippen molar-refractivity contribution in [3.05, 3.63) is 67.2 Å². The molecule has 1 atom stereocenters. The summed E-state index contributed by atoms with van der Waals surface area (Å²) in [6.45, 7) is 0. The summed E-state index contributed by atoms with van der Waals surface area (Å²) in [6.07, 6.45) is 0. The van der Waals surface area contributed by atoms with E-state index in [1.807, 2.05) is 18.2 Å². The highest BCUT2D eigenvalue weighted by Crippen LogP contribution is 2.30. The first-order valence-electron chi connectivity index (χ1n) is 5.60. The maximum atomic E-state index is 13.4. The standard InChI is InChI=1S/C14H11BrF2IN/c1-19-14(8-2-5-12(16)13(17)6-8)10-7-9(18)3-4-11(10)15/h2-7,14,19H,1H3. The fraction of sp³-hybridized carbons (Fsp3) is 0.143. The molecule has 1 N–H and O–H groups in total. The van der Waals surface area contributed by atoms with Crippen molar-refractivity contribution in [3.8, 4) is 0 Å². The zero-order chi connectivity index (χ0) is 14.0. The molecule has 0 aliphatic rings. The van der Waals surface area contributed by atoms with Crippen LogP contribution in [0.1, 0.15) is 17.2 Å². The molecule has 0 aromatic heterocycles. The van der Waals surface area contributed by atoms with Crippen molar-refractivity contribution in [3.63, 3.8) is 0 Å². The Kier molecular flexibility index (Phi) is 4.92. The van der Waals surface area contributed by atoms with Crippen LogP contribution in [-0.2, 0) is 0 Å². The van der Waals surface area contributed by atoms with Crippen LogP contribution in [-0.4, -0.2) is 7.05 Å². The fourth-order valence-electron chi connectivity index (χ4n) is 1.93. The summed E-state index contributed by atoms with van der Waals surface area (Å²) in [6, 6.07) is 9.70. The average molecular weight is 438 g/mol. The molecule has 0 saturated heterocycles. The SMILES string of the molecule is CNC(c1ccc(F)c(F)c1)c1cc(I)ccc1Br. The molecule has 0 amide bonds. The molecular weight excluding hydrogens is 427 g/mol. The summed E-state index contributed by atoms with van der Waals surface area (Å²) in [5.74, 6) is -1.67. The third kappa shape index (κ3) is 3.32. The van der Waals surface area contributed by atoms with Crippen molar-refractivity contribution in [1.82, 2.24) is 5.32 Å². The number of rotatable bonds is 3. The molecule has 0 heterocycles. The van der Waals surface area contributed by atoms with Crippen molar-refractivity contribution < 1.29 is 8.78 Å². The molecule has 0 spiro atoms. The number of benzene rings is 2. The Hall–Kier alpha value is -0.530. The molecule has 1 nitrogen and oxygen atoms in total. The topological polar surface area (TPSA) is 12.0 Å². The van der Waals surface area contributed by atoms with Gasteiger partial charge in [0.1, 0.15) is 0 Å². The maximum absolute atomic E-state index is 13.4. The number of hydrogen-bond acceptors (Lipinski definition) is 1. The van der Waals surface area contributed by atoms with E-state index in [9.17, 15) is 8.78 Å². The van der Waals surface area contributed by atoms with E-state index in [0.29, 0.717) is 5.56 Å². The number of nitrogens with one attached hydrogen (secondary N) is 1. The second kappa shape index (κ2) is 6.28. The van der Waals surface area contributed by atoms with Crippen molar-refractivity contribution in [2.45, 2.75) is 6.04 Å². The molecule has 0 aliphatic carbocycles. The first-order valence-corrected chi connectivity index (χ1v) is 7.47. The number of halogens is 4. The Bertz CT molecular complexity index is 604. The number of hydrogen-bond donors (Lipinski definition) is 1. The molecule has 2 rings (SSSR count). The predicted octanol–water partition coefficient (Wildman–Crippen LogP) is 4.64. The zero-order valence-corrected chi connectivity index (χ0v) is 13.8. The lowest BCUT2D eigenvalue weighted by molar-refractivity contribution is 0.505. The van der Waals surface area contributed by atoms with E-state index in [4.69, 9.17) is 0 Å². The van der Waals surface area contributed by atoms with Crippen LogP contribution < -0.4 is 5.32 Å². The van der Waals surface area contributed by atoms with Crippen molar-refractivity contribution in [2.24, 2.45) is 0 Å². The van der Waals surface area contributed by atoms with Gasteiger partial charge in [-0.25, -0.2) is 8.78 Å². The third-order valence-corrected chi connectivity index (χ3v) is 4.23. The zero-order valence-electron chi connectivity index (χ0n) is 10.1. The van der Waals surface area contributed by atoms with E-state index in [-0.39, 0.29) is 6.04 Å². The quantitative estimate of drug-likeness (QED) is 0.689. The Morgan fingerprint density at radius 1 is 1.11 bits per heavy atom. The summed E-state index contributed by atoms with van der Waals surface area (Å²) in [5.41, 5.74) is 1.67. The lowest BCUT2D eigenvalue weighted by Crippen LogP contribution is -2.18. The van der Waals surface area contributed by atoms with Gasteiger partial charge in [-0.2, -0.15) is 0 Å². The molecule has 2 aromatic carbocycles. The summed E-state index contributed by atoms with van der Waals surface area (Å²) < 4.78 is 28.4. The minimum absolute atomic E-state index is 0.195. The van der Waals surface area contributed by atoms with E-state index in [1.54, 1.807) is 13.1 Å². The van der Waals surface area contributed by atoms with E-state index in [1.165, 1.54) is 6.07 Å². The minimum atomic E-state index is -0.834. The Morgan fingerprint density at radius 2 is 1.84 bits per heavy atom. The smallest absolute Gasteiger partial charge is 0.159 e. The van der Waals surface area contributed by atoms with Crippen LogP contribution >= 0.6 is 38.5 Å². The predicted molar refractivity (Wildman–Crippen MR) is 84.1 cm³/mol. The fourth-order valence-corrected chi connectivity index (χ4v) is 2.92. The molecule has 0 bridgehead atoms. The van der Waals surface area contributed by atoms with Crippen LogP contribution in [0.2, 0.25) is 0 Å². The van der Waals surface area contributed by atoms with Crippen LogP contribution in [0.4, 0.5) is 8.78 Å². The van der Waals surface area contributed by atoms with Crippen molar-refractivity contribution in [2.75, 3.05) is 7.05 Å². The van der Waals surface area contributed by atoms with Crippen LogP contribution in [0.3, 0.4) is 0 Å². The first-order chi connectivity index (χ1) is 9.02. The molecule has 0 aliphatic heterocycles. The summed E-state index contributed by atoms with van der Waals surface area (Å²) in [5, 5.41) is 3.13. The lowest BCUT2D eigenvalue weighted by Gasteiger charge is -2.19. The second-order valence-electron chi connectivity index (χ2n) is 4.06. The lowest BCUT2D eigenvalue weighted by atomic mass is 9.99. The maximum Gasteiger partial charge on any atom is 0.159 e. The summed E-state index contributed by atoms with van der Waals surface area (Å²) in [7, 11) is 1.79. The molecular formula is C14H11BrF2IN. The van der Waals surface area contributed by atoms with Gasteiger partial charge in [0.25, 0.3) is 0 Å². The average Bonchev–Trinajstić information content (AvgIpc) is 2.38. The molecule has 19 heavy (non-hydrogen) atoms. The molecule has 0 radical (unpaired) electrons. The van der Waals surface area contributed by atoms with Gasteiger partial charge >= 0.3 is 0 Å². The molecule has 5 heteroatoms. The normalized spacial score (nSPS) is 12.5. The molecule has 0 fully saturated rings. The van der Waals surface area contributed by atoms with Gasteiger partial charge in [-0.05, 0) is 71.1 Å². The van der Waals surface area contributed by atoms with Crippen LogP contribution in [0.15, 0.2) is 40.9 Å². The van der Waals surface area contributed by atoms with Crippen LogP contribution in [0.5, 0.6) is 0 Å². The van der Waals surface area contributed by atoms with Crippen molar-refractivity contribution >= 4 is 38.5 Å². The van der Waals surface area contributed by atoms with Crippen LogP contribution in [0, 0.1) is 15.2 Å². The van der Waals surface area contributed by atoms with Gasteiger partial charge in [-0.3, -0.25) is 0 Å². The Labute approximate surface area is 132 Å². The summed E-state index contributed by atoms with van der Waals surface area (Å²) >= 11 is 5.71. The van der Waals surface area contributed by atoms with E-state index in [0.717, 1.165) is 19.7 Å². The third-order valence-electron chi connectivity index (χ3n) is 2.83. The monoisotopic (exact) mass is 437 g/mol. The van der Waals surface area contributed by atoms with Gasteiger partial charge in [0.2, 0.25) is 0 Å². The highest BCUT2D eigenvalue weighted by molar-refractivity contribution is 14.1. The first kappa shape index (κ1) is 14.9. The largest absolute Gasteiger partial charge is 0.309 e. The molecule has 100 valence electrons. The minimum Gasteiger partial charge on any atom is -0.309 e. The van der Waals surface area contributed by atoms with Crippen molar-refractivity contribution in [1.29, 1.82) is 0 Å². The second-order valence-corrected chi connectivity index (χ2v) is 6.16. The molecule has 1 unspecified atom stereocenters. The van der Waals surface area contributed by atoms with Gasteiger partial charge in [0.15, 0.2) is 11.6 Å². The van der Waals surface area contributed by atoms with Gasteiger partial charge in [-0.15, -0.1) is 0 Å². The van der Waals surface area contributed by atoms with E-state index >= 15 is 0 Å².